The summed E-state index contributed by atoms with van der Waals surface area (Å²) in [4.78, 5) is 20.9. The maximum atomic E-state index is 11.9. The summed E-state index contributed by atoms with van der Waals surface area (Å²) in [6.45, 7) is 2.98. The number of benzene rings is 1. The molecule has 2 N–H and O–H groups in total. The number of fused-ring (bicyclic) bond motifs is 2. The number of hydrogen-bond acceptors (Lipinski definition) is 5. The summed E-state index contributed by atoms with van der Waals surface area (Å²) >= 11 is 0. The van der Waals surface area contributed by atoms with Crippen LogP contribution in [0.3, 0.4) is 0 Å². The van der Waals surface area contributed by atoms with Gasteiger partial charge in [0.05, 0.1) is 5.69 Å². The van der Waals surface area contributed by atoms with Crippen LogP contribution in [0.1, 0.15) is 29.1 Å². The van der Waals surface area contributed by atoms with E-state index in [2.05, 4.69) is 26.7 Å². The highest BCUT2D eigenvalue weighted by Crippen LogP contribution is 2.31. The first-order valence-electron chi connectivity index (χ1n) is 7.82. The molecule has 1 atom stereocenters. The van der Waals surface area contributed by atoms with Crippen LogP contribution >= 0.6 is 0 Å². The number of nitrogens with zero attached hydrogens (tertiary/aromatic N) is 2. The van der Waals surface area contributed by atoms with Crippen molar-refractivity contribution in [3.8, 4) is 5.75 Å². The van der Waals surface area contributed by atoms with Gasteiger partial charge in [-0.3, -0.25) is 4.79 Å². The summed E-state index contributed by atoms with van der Waals surface area (Å²) in [6, 6.07) is 7.76. The van der Waals surface area contributed by atoms with Gasteiger partial charge in [-0.25, -0.2) is 9.97 Å². The standard InChI is InChI=1S/C17H18N4O2/c1-10-19-14-9-23-15-5-3-2-4-11(15)8-12(14)16(20-10)21-13-6-7-18-17(13)22/h2-5,13H,6-9H2,1H3,(H,18,22)(H,19,20,21)/t13-/m0/s1. The van der Waals surface area contributed by atoms with Crippen LogP contribution in [0.25, 0.3) is 0 Å². The van der Waals surface area contributed by atoms with Crippen molar-refractivity contribution in [1.29, 1.82) is 0 Å². The molecule has 118 valence electrons. The third kappa shape index (κ3) is 2.60. The van der Waals surface area contributed by atoms with Gasteiger partial charge in [-0.05, 0) is 25.0 Å². The molecule has 6 nitrogen and oxygen atoms in total. The number of hydrogen-bond donors (Lipinski definition) is 2. The number of amides is 1. The molecule has 6 heteroatoms. The summed E-state index contributed by atoms with van der Waals surface area (Å²) in [5.74, 6) is 2.34. The number of para-hydroxylation sites is 1. The van der Waals surface area contributed by atoms with Gasteiger partial charge in [0.15, 0.2) is 0 Å². The fraction of sp³-hybridized carbons (Fsp3) is 0.353. The van der Waals surface area contributed by atoms with E-state index in [0.717, 1.165) is 34.8 Å². The van der Waals surface area contributed by atoms with Gasteiger partial charge < -0.3 is 15.4 Å². The second kappa shape index (κ2) is 5.53. The van der Waals surface area contributed by atoms with Crippen molar-refractivity contribution >= 4 is 11.7 Å². The average molecular weight is 310 g/mol. The molecule has 1 saturated heterocycles. The Morgan fingerprint density at radius 2 is 2.17 bits per heavy atom. The van der Waals surface area contributed by atoms with Crippen LogP contribution in [0, 0.1) is 6.92 Å². The van der Waals surface area contributed by atoms with E-state index >= 15 is 0 Å². The minimum atomic E-state index is -0.229. The second-order valence-electron chi connectivity index (χ2n) is 5.89. The fourth-order valence-corrected chi connectivity index (χ4v) is 3.10. The predicted octanol–water partition coefficient (Wildman–Crippen LogP) is 1.57. The maximum absolute atomic E-state index is 11.9. The van der Waals surface area contributed by atoms with E-state index in [1.54, 1.807) is 0 Å². The summed E-state index contributed by atoms with van der Waals surface area (Å²) < 4.78 is 5.88. The SMILES string of the molecule is Cc1nc2c(c(N[C@H]3CCNC3=O)n1)Cc1ccccc1OC2. The summed E-state index contributed by atoms with van der Waals surface area (Å²) in [7, 11) is 0. The maximum Gasteiger partial charge on any atom is 0.242 e. The van der Waals surface area contributed by atoms with Gasteiger partial charge in [0.1, 0.15) is 30.0 Å². The van der Waals surface area contributed by atoms with Gasteiger partial charge in [0, 0.05) is 18.5 Å². The molecule has 3 heterocycles. The van der Waals surface area contributed by atoms with E-state index in [4.69, 9.17) is 4.74 Å². The molecular weight excluding hydrogens is 292 g/mol. The number of carbonyl (C=O) groups excluding carboxylic acids is 1. The van der Waals surface area contributed by atoms with Gasteiger partial charge in [0.2, 0.25) is 5.91 Å². The summed E-state index contributed by atoms with van der Waals surface area (Å²) in [5, 5.41) is 6.14. The predicted molar refractivity (Wildman–Crippen MR) is 85.4 cm³/mol. The van der Waals surface area contributed by atoms with E-state index in [1.807, 2.05) is 25.1 Å². The highest BCUT2D eigenvalue weighted by atomic mass is 16.5. The number of aryl methyl sites for hydroxylation is 1. The van der Waals surface area contributed by atoms with E-state index in [-0.39, 0.29) is 11.9 Å². The molecule has 1 fully saturated rings. The van der Waals surface area contributed by atoms with Gasteiger partial charge in [-0.1, -0.05) is 18.2 Å². The largest absolute Gasteiger partial charge is 0.487 e. The van der Waals surface area contributed by atoms with Crippen molar-refractivity contribution in [3.63, 3.8) is 0 Å². The Labute approximate surface area is 134 Å². The van der Waals surface area contributed by atoms with Crippen LogP contribution < -0.4 is 15.4 Å². The zero-order valence-corrected chi connectivity index (χ0v) is 12.9. The molecule has 0 spiro atoms. The molecule has 0 bridgehead atoms. The summed E-state index contributed by atoms with van der Waals surface area (Å²) in [5.41, 5.74) is 3.01. The quantitative estimate of drug-likeness (QED) is 0.880. The number of aromatic nitrogens is 2. The van der Waals surface area contributed by atoms with Crippen molar-refractivity contribution < 1.29 is 9.53 Å². The minimum absolute atomic E-state index is 0.0280. The molecule has 23 heavy (non-hydrogen) atoms. The van der Waals surface area contributed by atoms with Crippen molar-refractivity contribution in [3.05, 3.63) is 46.9 Å². The lowest BCUT2D eigenvalue weighted by atomic mass is 10.0. The molecule has 0 aliphatic carbocycles. The zero-order chi connectivity index (χ0) is 15.8. The van der Waals surface area contributed by atoms with E-state index < -0.39 is 0 Å². The highest BCUT2D eigenvalue weighted by Gasteiger charge is 2.27. The van der Waals surface area contributed by atoms with Crippen LogP contribution in [0.15, 0.2) is 24.3 Å². The molecule has 0 unspecified atom stereocenters. The van der Waals surface area contributed by atoms with Gasteiger partial charge >= 0.3 is 0 Å². The van der Waals surface area contributed by atoms with Gasteiger partial charge in [0.25, 0.3) is 0 Å². The van der Waals surface area contributed by atoms with Crippen molar-refractivity contribution in [2.24, 2.45) is 0 Å². The van der Waals surface area contributed by atoms with Crippen LogP contribution in [0.5, 0.6) is 5.75 Å². The number of carbonyl (C=O) groups is 1. The van der Waals surface area contributed by atoms with Crippen LogP contribution in [0.2, 0.25) is 0 Å². The molecule has 0 radical (unpaired) electrons. The molecule has 1 amide bonds. The molecule has 4 rings (SSSR count). The molecule has 2 aliphatic heterocycles. The first kappa shape index (κ1) is 14.0. The fourth-order valence-electron chi connectivity index (χ4n) is 3.10. The smallest absolute Gasteiger partial charge is 0.242 e. The second-order valence-corrected chi connectivity index (χ2v) is 5.89. The Balaban J connectivity index is 1.74. The van der Waals surface area contributed by atoms with Gasteiger partial charge in [-0.15, -0.1) is 0 Å². The Morgan fingerprint density at radius 1 is 1.30 bits per heavy atom. The normalized spacial score (nSPS) is 19.2. The minimum Gasteiger partial charge on any atom is -0.487 e. The molecule has 2 aromatic rings. The van der Waals surface area contributed by atoms with Crippen LogP contribution in [0.4, 0.5) is 5.82 Å². The van der Waals surface area contributed by atoms with Crippen molar-refractivity contribution in [2.45, 2.75) is 32.4 Å². The van der Waals surface area contributed by atoms with E-state index in [9.17, 15) is 4.79 Å². The van der Waals surface area contributed by atoms with Crippen LogP contribution in [-0.2, 0) is 17.8 Å². The highest BCUT2D eigenvalue weighted by molar-refractivity contribution is 5.86. The number of rotatable bonds is 2. The number of ether oxygens (including phenoxy) is 1. The monoisotopic (exact) mass is 310 g/mol. The molecule has 2 aliphatic rings. The average Bonchev–Trinajstić information content (AvgIpc) is 2.84. The van der Waals surface area contributed by atoms with Crippen molar-refractivity contribution in [2.75, 3.05) is 11.9 Å². The number of anilines is 1. The number of nitrogens with one attached hydrogen (secondary N) is 2. The lowest BCUT2D eigenvalue weighted by molar-refractivity contribution is -0.119. The molecule has 1 aromatic heterocycles. The Bertz CT molecular complexity index is 775. The molecular formula is C17H18N4O2. The zero-order valence-electron chi connectivity index (χ0n) is 12.9. The topological polar surface area (TPSA) is 76.1 Å². The molecule has 1 aromatic carbocycles. The Kier molecular flexibility index (Phi) is 3.37. The first-order chi connectivity index (χ1) is 11.2. The Morgan fingerprint density at radius 3 is 3.00 bits per heavy atom. The van der Waals surface area contributed by atoms with E-state index in [0.29, 0.717) is 25.4 Å². The van der Waals surface area contributed by atoms with Gasteiger partial charge in [-0.2, -0.15) is 0 Å². The summed E-state index contributed by atoms with van der Waals surface area (Å²) in [6.07, 6.45) is 1.46. The Hall–Kier alpha value is -2.63. The third-order valence-electron chi connectivity index (χ3n) is 4.27. The molecule has 0 saturated carbocycles. The third-order valence-corrected chi connectivity index (χ3v) is 4.27. The van der Waals surface area contributed by atoms with Crippen LogP contribution in [-0.4, -0.2) is 28.5 Å². The lowest BCUT2D eigenvalue weighted by Crippen LogP contribution is -2.30. The van der Waals surface area contributed by atoms with Crippen molar-refractivity contribution in [1.82, 2.24) is 15.3 Å². The lowest BCUT2D eigenvalue weighted by Gasteiger charge is -2.16. The van der Waals surface area contributed by atoms with E-state index in [1.165, 1.54) is 0 Å². The first-order valence-corrected chi connectivity index (χ1v) is 7.82.